The molecule has 0 fully saturated rings. The van der Waals surface area contributed by atoms with E-state index in [1.807, 2.05) is 6.92 Å². The van der Waals surface area contributed by atoms with Gasteiger partial charge >= 0.3 is 0 Å². The SMILES string of the molecule is Cc1ccc(S(=O)(=O)NCCCNc2nc(N)c3cnn(C)c3n2)cc1. The van der Waals surface area contributed by atoms with Crippen LogP contribution >= 0.6 is 0 Å². The van der Waals surface area contributed by atoms with Crippen molar-refractivity contribution < 1.29 is 8.42 Å². The Balaban J connectivity index is 1.53. The molecule has 0 spiro atoms. The molecule has 9 nitrogen and oxygen atoms in total. The summed E-state index contributed by atoms with van der Waals surface area (Å²) in [6.45, 7) is 2.71. The number of nitrogens with two attached hydrogens (primary N) is 1. The highest BCUT2D eigenvalue weighted by Gasteiger charge is 2.13. The van der Waals surface area contributed by atoms with Gasteiger partial charge in [0.1, 0.15) is 5.82 Å². The van der Waals surface area contributed by atoms with Gasteiger partial charge in [0.05, 0.1) is 16.5 Å². The molecule has 2 aromatic heterocycles. The Morgan fingerprint density at radius 2 is 1.88 bits per heavy atom. The van der Waals surface area contributed by atoms with Gasteiger partial charge in [-0.15, -0.1) is 0 Å². The van der Waals surface area contributed by atoms with E-state index in [2.05, 4.69) is 25.1 Å². The maximum atomic E-state index is 12.2. The second-order valence-electron chi connectivity index (χ2n) is 5.93. The van der Waals surface area contributed by atoms with Crippen molar-refractivity contribution >= 4 is 32.8 Å². The molecule has 10 heteroatoms. The predicted molar refractivity (Wildman–Crippen MR) is 100 cm³/mol. The molecule has 4 N–H and O–H groups in total. The highest BCUT2D eigenvalue weighted by atomic mass is 32.2. The number of nitrogens with zero attached hydrogens (tertiary/aromatic N) is 4. The number of hydrogen-bond acceptors (Lipinski definition) is 7. The van der Waals surface area contributed by atoms with E-state index in [9.17, 15) is 8.42 Å². The summed E-state index contributed by atoms with van der Waals surface area (Å²) in [4.78, 5) is 8.80. The second kappa shape index (κ2) is 7.26. The Hall–Kier alpha value is -2.72. The smallest absolute Gasteiger partial charge is 0.240 e. The van der Waals surface area contributed by atoms with Gasteiger partial charge in [0.25, 0.3) is 0 Å². The lowest BCUT2D eigenvalue weighted by molar-refractivity contribution is 0.580. The lowest BCUT2D eigenvalue weighted by atomic mass is 10.2. The summed E-state index contributed by atoms with van der Waals surface area (Å²) in [6.07, 6.45) is 2.19. The van der Waals surface area contributed by atoms with E-state index in [0.717, 1.165) is 5.56 Å². The van der Waals surface area contributed by atoms with Crippen LogP contribution in [0.2, 0.25) is 0 Å². The Kier molecular flexibility index (Phi) is 5.05. The lowest BCUT2D eigenvalue weighted by Gasteiger charge is -2.08. The molecule has 138 valence electrons. The zero-order chi connectivity index (χ0) is 18.7. The van der Waals surface area contributed by atoms with Gasteiger partial charge in [-0.25, -0.2) is 13.1 Å². The van der Waals surface area contributed by atoms with E-state index in [4.69, 9.17) is 5.73 Å². The standard InChI is InChI=1S/C16H21N7O2S/c1-11-4-6-12(7-5-11)26(24,25)20-9-3-8-18-16-21-14(17)13-10-19-23(2)15(13)22-16/h4-7,10,20H,3,8-9H2,1-2H3,(H3,17,18,21,22). The van der Waals surface area contributed by atoms with Gasteiger partial charge in [0.15, 0.2) is 5.65 Å². The minimum atomic E-state index is -3.50. The van der Waals surface area contributed by atoms with Crippen molar-refractivity contribution in [2.75, 3.05) is 24.1 Å². The van der Waals surface area contributed by atoms with Crippen LogP contribution < -0.4 is 15.8 Å². The van der Waals surface area contributed by atoms with Crippen LogP contribution in [0.1, 0.15) is 12.0 Å². The highest BCUT2D eigenvalue weighted by molar-refractivity contribution is 7.89. The second-order valence-corrected chi connectivity index (χ2v) is 7.70. The summed E-state index contributed by atoms with van der Waals surface area (Å²) < 4.78 is 28.6. The number of rotatable bonds is 7. The summed E-state index contributed by atoms with van der Waals surface area (Å²) in [5.41, 5.74) is 7.55. The molecule has 0 amide bonds. The molecule has 3 aromatic rings. The van der Waals surface area contributed by atoms with Crippen LogP contribution in [-0.4, -0.2) is 41.3 Å². The molecule has 0 bridgehead atoms. The highest BCUT2D eigenvalue weighted by Crippen LogP contribution is 2.18. The first-order chi connectivity index (χ1) is 12.4. The van der Waals surface area contributed by atoms with Gasteiger partial charge in [0.2, 0.25) is 16.0 Å². The minimum Gasteiger partial charge on any atom is -0.383 e. The molecule has 0 atom stereocenters. The van der Waals surface area contributed by atoms with Gasteiger partial charge in [0, 0.05) is 20.1 Å². The number of aryl methyl sites for hydroxylation is 2. The molecule has 26 heavy (non-hydrogen) atoms. The molecular formula is C16H21N7O2S. The average Bonchev–Trinajstić information content (AvgIpc) is 2.97. The number of benzene rings is 1. The summed E-state index contributed by atoms with van der Waals surface area (Å²) in [7, 11) is -1.72. The van der Waals surface area contributed by atoms with Crippen LogP contribution in [0.3, 0.4) is 0 Å². The third-order valence-corrected chi connectivity index (χ3v) is 5.36. The van der Waals surface area contributed by atoms with Crippen LogP contribution in [-0.2, 0) is 17.1 Å². The zero-order valence-electron chi connectivity index (χ0n) is 14.6. The summed E-state index contributed by atoms with van der Waals surface area (Å²) in [5.74, 6) is 0.741. The number of nitrogens with one attached hydrogen (secondary N) is 2. The maximum absolute atomic E-state index is 12.2. The van der Waals surface area contributed by atoms with Crippen LogP contribution in [0.25, 0.3) is 11.0 Å². The topological polar surface area (TPSA) is 128 Å². The van der Waals surface area contributed by atoms with Crippen molar-refractivity contribution in [3.05, 3.63) is 36.0 Å². The van der Waals surface area contributed by atoms with E-state index in [-0.39, 0.29) is 4.90 Å². The molecule has 0 aliphatic heterocycles. The first-order valence-corrected chi connectivity index (χ1v) is 9.60. The molecule has 0 aliphatic carbocycles. The van der Waals surface area contributed by atoms with E-state index in [1.165, 1.54) is 0 Å². The number of sulfonamides is 1. The zero-order valence-corrected chi connectivity index (χ0v) is 15.4. The summed E-state index contributed by atoms with van der Waals surface area (Å²) in [5, 5.41) is 7.85. The van der Waals surface area contributed by atoms with Crippen LogP contribution in [0, 0.1) is 6.92 Å². The van der Waals surface area contributed by atoms with E-state index >= 15 is 0 Å². The van der Waals surface area contributed by atoms with Crippen LogP contribution in [0.15, 0.2) is 35.4 Å². The van der Waals surface area contributed by atoms with Crippen LogP contribution in [0.5, 0.6) is 0 Å². The van der Waals surface area contributed by atoms with Gasteiger partial charge < -0.3 is 11.1 Å². The normalized spacial score (nSPS) is 11.8. The fourth-order valence-electron chi connectivity index (χ4n) is 2.42. The van der Waals surface area contributed by atoms with Crippen molar-refractivity contribution in [3.8, 4) is 0 Å². The molecule has 3 rings (SSSR count). The number of anilines is 2. The predicted octanol–water partition coefficient (Wildman–Crippen LogP) is 1.03. The quantitative estimate of drug-likeness (QED) is 0.526. The van der Waals surface area contributed by atoms with Crippen molar-refractivity contribution in [1.29, 1.82) is 0 Å². The number of nitrogen functional groups attached to an aromatic ring is 1. The Morgan fingerprint density at radius 3 is 2.62 bits per heavy atom. The average molecular weight is 375 g/mol. The molecule has 1 aromatic carbocycles. The van der Waals surface area contributed by atoms with E-state index in [1.54, 1.807) is 42.2 Å². The third kappa shape index (κ3) is 3.92. The number of aromatic nitrogens is 4. The molecular weight excluding hydrogens is 354 g/mol. The van der Waals surface area contributed by atoms with Crippen molar-refractivity contribution in [1.82, 2.24) is 24.5 Å². The number of hydrogen-bond donors (Lipinski definition) is 3. The summed E-state index contributed by atoms with van der Waals surface area (Å²) >= 11 is 0. The fraction of sp³-hybridized carbons (Fsp3) is 0.312. The molecule has 0 saturated heterocycles. The van der Waals surface area contributed by atoms with Gasteiger partial charge in [-0.05, 0) is 25.5 Å². The Morgan fingerprint density at radius 1 is 1.15 bits per heavy atom. The first-order valence-electron chi connectivity index (χ1n) is 8.12. The Labute approximate surface area is 151 Å². The first kappa shape index (κ1) is 18.1. The van der Waals surface area contributed by atoms with Crippen molar-refractivity contribution in [2.24, 2.45) is 7.05 Å². The molecule has 0 aliphatic rings. The van der Waals surface area contributed by atoms with Crippen molar-refractivity contribution in [2.45, 2.75) is 18.2 Å². The maximum Gasteiger partial charge on any atom is 0.240 e. The molecule has 0 unspecified atom stereocenters. The van der Waals surface area contributed by atoms with E-state index in [0.29, 0.717) is 42.3 Å². The molecule has 0 saturated carbocycles. The summed E-state index contributed by atoms with van der Waals surface area (Å²) in [6, 6.07) is 6.73. The fourth-order valence-corrected chi connectivity index (χ4v) is 3.49. The van der Waals surface area contributed by atoms with Gasteiger partial charge in [-0.3, -0.25) is 4.68 Å². The molecule has 0 radical (unpaired) electrons. The van der Waals surface area contributed by atoms with Gasteiger partial charge in [-0.2, -0.15) is 15.1 Å². The van der Waals surface area contributed by atoms with E-state index < -0.39 is 10.0 Å². The van der Waals surface area contributed by atoms with Crippen LogP contribution in [0.4, 0.5) is 11.8 Å². The minimum absolute atomic E-state index is 0.258. The van der Waals surface area contributed by atoms with Crippen molar-refractivity contribution in [3.63, 3.8) is 0 Å². The number of fused-ring (bicyclic) bond motifs is 1. The third-order valence-electron chi connectivity index (χ3n) is 3.88. The van der Waals surface area contributed by atoms with Gasteiger partial charge in [-0.1, -0.05) is 17.7 Å². The Bertz CT molecular complexity index is 1010. The monoisotopic (exact) mass is 375 g/mol. The molecule has 2 heterocycles. The largest absolute Gasteiger partial charge is 0.383 e. The lowest BCUT2D eigenvalue weighted by Crippen LogP contribution is -2.26.